The quantitative estimate of drug-likeness (QED) is 0.630. The Morgan fingerprint density at radius 3 is 3.18 bits per heavy atom. The van der Waals surface area contributed by atoms with Gasteiger partial charge >= 0.3 is 0 Å². The standard InChI is InChI=1S/C8H8BrNS/c1-10-5-6-2-3-7(9)4-8(6)11-10/h2-4H,5H2,1H3. The normalized spacial score (nSPS) is 16.9. The molecule has 3 heteroatoms. The van der Waals surface area contributed by atoms with Gasteiger partial charge in [-0.05, 0) is 36.7 Å². The van der Waals surface area contributed by atoms with E-state index in [9.17, 15) is 0 Å². The first kappa shape index (κ1) is 7.65. The number of benzene rings is 1. The van der Waals surface area contributed by atoms with E-state index >= 15 is 0 Å². The Balaban J connectivity index is 2.43. The maximum absolute atomic E-state index is 3.45. The van der Waals surface area contributed by atoms with E-state index in [-0.39, 0.29) is 0 Å². The Bertz CT molecular complexity index is 287. The van der Waals surface area contributed by atoms with Gasteiger partial charge in [0.05, 0.1) is 0 Å². The molecule has 11 heavy (non-hydrogen) atoms. The fourth-order valence-electron chi connectivity index (χ4n) is 1.18. The third-order valence-corrected chi connectivity index (χ3v) is 3.19. The molecule has 1 aromatic carbocycles. The van der Waals surface area contributed by atoms with Crippen molar-refractivity contribution < 1.29 is 0 Å². The van der Waals surface area contributed by atoms with E-state index in [1.807, 2.05) is 11.9 Å². The molecule has 0 unspecified atom stereocenters. The lowest BCUT2D eigenvalue weighted by atomic mass is 10.2. The first-order valence-electron chi connectivity index (χ1n) is 3.43. The minimum absolute atomic E-state index is 1.06. The van der Waals surface area contributed by atoms with Crippen LogP contribution in [0.25, 0.3) is 0 Å². The molecule has 0 amide bonds. The number of rotatable bonds is 0. The molecule has 0 atom stereocenters. The molecule has 0 aliphatic carbocycles. The van der Waals surface area contributed by atoms with E-state index < -0.39 is 0 Å². The first-order chi connectivity index (χ1) is 5.25. The molecule has 0 fully saturated rings. The minimum Gasteiger partial charge on any atom is -0.245 e. The summed E-state index contributed by atoms with van der Waals surface area (Å²) in [7, 11) is 2.11. The van der Waals surface area contributed by atoms with Gasteiger partial charge < -0.3 is 0 Å². The summed E-state index contributed by atoms with van der Waals surface area (Å²) in [6.45, 7) is 1.06. The molecule has 0 saturated heterocycles. The van der Waals surface area contributed by atoms with Crippen LogP contribution in [0.15, 0.2) is 27.6 Å². The molecule has 2 rings (SSSR count). The van der Waals surface area contributed by atoms with Crippen LogP contribution in [0.2, 0.25) is 0 Å². The maximum atomic E-state index is 3.45. The fourth-order valence-corrected chi connectivity index (χ4v) is 2.67. The second-order valence-corrected chi connectivity index (χ2v) is 4.79. The highest BCUT2D eigenvalue weighted by atomic mass is 79.9. The van der Waals surface area contributed by atoms with Crippen molar-refractivity contribution in [1.82, 2.24) is 4.31 Å². The second-order valence-electron chi connectivity index (χ2n) is 2.63. The Hall–Kier alpha value is 0.01000. The van der Waals surface area contributed by atoms with Crippen LogP contribution in [0.4, 0.5) is 0 Å². The zero-order valence-corrected chi connectivity index (χ0v) is 8.58. The molecule has 0 aromatic heterocycles. The molecule has 1 aliphatic heterocycles. The van der Waals surface area contributed by atoms with E-state index in [0.29, 0.717) is 0 Å². The highest BCUT2D eigenvalue weighted by molar-refractivity contribution is 9.10. The van der Waals surface area contributed by atoms with Gasteiger partial charge in [-0.25, -0.2) is 4.31 Å². The molecule has 0 bridgehead atoms. The largest absolute Gasteiger partial charge is 0.245 e. The molecule has 1 nitrogen and oxygen atoms in total. The highest BCUT2D eigenvalue weighted by Crippen LogP contribution is 2.35. The summed E-state index contributed by atoms with van der Waals surface area (Å²) in [6, 6.07) is 6.44. The Kier molecular flexibility index (Phi) is 1.95. The predicted molar refractivity (Wildman–Crippen MR) is 51.5 cm³/mol. The molecule has 1 aliphatic rings. The van der Waals surface area contributed by atoms with Crippen molar-refractivity contribution in [2.24, 2.45) is 0 Å². The lowest BCUT2D eigenvalue weighted by Crippen LogP contribution is -1.99. The van der Waals surface area contributed by atoms with Crippen LogP contribution in [0, 0.1) is 0 Å². The number of hydrogen-bond acceptors (Lipinski definition) is 2. The van der Waals surface area contributed by atoms with Crippen LogP contribution in [-0.2, 0) is 6.54 Å². The van der Waals surface area contributed by atoms with Gasteiger partial charge in [0.2, 0.25) is 0 Å². The lowest BCUT2D eigenvalue weighted by molar-refractivity contribution is 0.581. The summed E-state index contributed by atoms with van der Waals surface area (Å²) >= 11 is 5.26. The van der Waals surface area contributed by atoms with Crippen molar-refractivity contribution >= 4 is 27.9 Å². The van der Waals surface area contributed by atoms with Crippen LogP contribution in [0.3, 0.4) is 0 Å². The molecule has 58 valence electrons. The molecule has 0 spiro atoms. The number of fused-ring (bicyclic) bond motifs is 1. The highest BCUT2D eigenvalue weighted by Gasteiger charge is 2.15. The summed E-state index contributed by atoms with van der Waals surface area (Å²) in [5.41, 5.74) is 1.43. The summed E-state index contributed by atoms with van der Waals surface area (Å²) in [5.74, 6) is 0. The van der Waals surface area contributed by atoms with Crippen molar-refractivity contribution in [2.75, 3.05) is 7.05 Å². The summed E-state index contributed by atoms with van der Waals surface area (Å²) in [5, 5.41) is 0. The third-order valence-electron chi connectivity index (χ3n) is 1.68. The number of hydrogen-bond donors (Lipinski definition) is 0. The van der Waals surface area contributed by atoms with Crippen molar-refractivity contribution in [2.45, 2.75) is 11.4 Å². The topological polar surface area (TPSA) is 3.24 Å². The molecule has 1 heterocycles. The first-order valence-corrected chi connectivity index (χ1v) is 5.00. The van der Waals surface area contributed by atoms with Crippen molar-refractivity contribution in [3.05, 3.63) is 28.2 Å². The average molecular weight is 230 g/mol. The minimum atomic E-state index is 1.06. The van der Waals surface area contributed by atoms with E-state index in [2.05, 4.69) is 45.5 Å². The van der Waals surface area contributed by atoms with Gasteiger partial charge in [-0.2, -0.15) is 0 Å². The molecule has 1 aromatic rings. The molecular formula is C8H8BrNS. The fraction of sp³-hybridized carbons (Fsp3) is 0.250. The molecular weight excluding hydrogens is 222 g/mol. The summed E-state index contributed by atoms with van der Waals surface area (Å²) < 4.78 is 3.40. The van der Waals surface area contributed by atoms with Gasteiger partial charge in [-0.3, -0.25) is 0 Å². The molecule has 0 saturated carbocycles. The Morgan fingerprint density at radius 2 is 2.36 bits per heavy atom. The van der Waals surface area contributed by atoms with E-state index in [1.165, 1.54) is 14.9 Å². The maximum Gasteiger partial charge on any atom is 0.0352 e. The average Bonchev–Trinajstić information content (AvgIpc) is 2.27. The van der Waals surface area contributed by atoms with Crippen LogP contribution in [-0.4, -0.2) is 11.4 Å². The monoisotopic (exact) mass is 229 g/mol. The van der Waals surface area contributed by atoms with Crippen molar-refractivity contribution in [3.63, 3.8) is 0 Å². The van der Waals surface area contributed by atoms with E-state index in [4.69, 9.17) is 0 Å². The number of halogens is 1. The third kappa shape index (κ3) is 1.45. The van der Waals surface area contributed by atoms with Crippen LogP contribution >= 0.6 is 27.9 Å². The van der Waals surface area contributed by atoms with Gasteiger partial charge in [0, 0.05) is 15.9 Å². The van der Waals surface area contributed by atoms with Crippen LogP contribution < -0.4 is 0 Å². The zero-order valence-electron chi connectivity index (χ0n) is 6.17. The SMILES string of the molecule is CN1Cc2ccc(Br)cc2S1. The van der Waals surface area contributed by atoms with Crippen LogP contribution in [0.1, 0.15) is 5.56 Å². The van der Waals surface area contributed by atoms with Gasteiger partial charge in [-0.15, -0.1) is 0 Å². The van der Waals surface area contributed by atoms with Crippen molar-refractivity contribution in [3.8, 4) is 0 Å². The van der Waals surface area contributed by atoms with Gasteiger partial charge in [-0.1, -0.05) is 22.0 Å². The summed E-state index contributed by atoms with van der Waals surface area (Å²) in [6.07, 6.45) is 0. The Labute approximate surface area is 79.0 Å². The molecule has 0 N–H and O–H groups in total. The van der Waals surface area contributed by atoms with E-state index in [1.54, 1.807) is 0 Å². The lowest BCUT2D eigenvalue weighted by Gasteiger charge is -2.00. The zero-order chi connectivity index (χ0) is 7.84. The summed E-state index contributed by atoms with van der Waals surface area (Å²) in [4.78, 5) is 1.38. The van der Waals surface area contributed by atoms with E-state index in [0.717, 1.165) is 6.54 Å². The Morgan fingerprint density at radius 1 is 1.55 bits per heavy atom. The molecule has 0 radical (unpaired) electrons. The number of nitrogens with zero attached hydrogens (tertiary/aromatic N) is 1. The smallest absolute Gasteiger partial charge is 0.0352 e. The van der Waals surface area contributed by atoms with Gasteiger partial charge in [0.1, 0.15) is 0 Å². The second kappa shape index (κ2) is 2.81. The predicted octanol–water partition coefficient (Wildman–Crippen LogP) is 2.90. The van der Waals surface area contributed by atoms with Crippen LogP contribution in [0.5, 0.6) is 0 Å². The van der Waals surface area contributed by atoms with Crippen molar-refractivity contribution in [1.29, 1.82) is 0 Å². The van der Waals surface area contributed by atoms with Gasteiger partial charge in [0.25, 0.3) is 0 Å². The van der Waals surface area contributed by atoms with Gasteiger partial charge in [0.15, 0.2) is 0 Å².